The van der Waals surface area contributed by atoms with Crippen LogP contribution in [-0.4, -0.2) is 31.5 Å². The lowest BCUT2D eigenvalue weighted by Gasteiger charge is -2.10. The molecule has 0 radical (unpaired) electrons. The molecular weight excluding hydrogens is 420 g/mol. The minimum atomic E-state index is 0.527. The molecule has 3 aromatic heterocycles. The summed E-state index contributed by atoms with van der Waals surface area (Å²) in [5.74, 6) is 1.30. The molecule has 0 N–H and O–H groups in total. The van der Waals surface area contributed by atoms with Gasteiger partial charge in [-0.1, -0.05) is 30.0 Å². The van der Waals surface area contributed by atoms with Crippen LogP contribution >= 0.6 is 11.8 Å². The first-order valence-electron chi connectivity index (χ1n) is 10.1. The number of pyridine rings is 1. The monoisotopic (exact) mass is 440 g/mol. The molecular formula is C24H20N6OS. The van der Waals surface area contributed by atoms with Crippen LogP contribution in [-0.2, 0) is 5.75 Å². The summed E-state index contributed by atoms with van der Waals surface area (Å²) in [5, 5.41) is 25.1. The average Bonchev–Trinajstić information content (AvgIpc) is 3.37. The maximum absolute atomic E-state index is 9.76. The smallest absolute Gasteiger partial charge is 0.196 e. The Labute approximate surface area is 189 Å². The van der Waals surface area contributed by atoms with Crippen LogP contribution in [0.1, 0.15) is 22.5 Å². The molecule has 0 aliphatic carbocycles. The number of thioether (sulfide) groups is 1. The highest BCUT2D eigenvalue weighted by Gasteiger charge is 2.19. The molecule has 0 fully saturated rings. The number of ether oxygens (including phenoxy) is 1. The van der Waals surface area contributed by atoms with Crippen molar-refractivity contribution in [3.8, 4) is 17.5 Å². The minimum absolute atomic E-state index is 0.527. The number of rotatable bonds is 5. The quantitative estimate of drug-likeness (QED) is 0.363. The molecule has 2 aromatic carbocycles. The predicted molar refractivity (Wildman–Crippen MR) is 124 cm³/mol. The average molecular weight is 441 g/mol. The maximum atomic E-state index is 9.76. The first kappa shape index (κ1) is 20.1. The van der Waals surface area contributed by atoms with Crippen LogP contribution in [0.25, 0.3) is 22.2 Å². The molecule has 5 rings (SSSR count). The second kappa shape index (κ2) is 8.02. The van der Waals surface area contributed by atoms with Gasteiger partial charge in [-0.25, -0.2) is 4.68 Å². The highest BCUT2D eigenvalue weighted by atomic mass is 32.2. The normalized spacial score (nSPS) is 11.2. The second-order valence-corrected chi connectivity index (χ2v) is 8.38. The van der Waals surface area contributed by atoms with Crippen LogP contribution in [0.3, 0.4) is 0 Å². The van der Waals surface area contributed by atoms with Crippen LogP contribution < -0.4 is 4.74 Å². The van der Waals surface area contributed by atoms with E-state index in [1.165, 1.54) is 11.8 Å². The molecule has 0 bridgehead atoms. The van der Waals surface area contributed by atoms with E-state index in [4.69, 9.17) is 4.74 Å². The van der Waals surface area contributed by atoms with Crippen molar-refractivity contribution in [1.29, 1.82) is 5.26 Å². The third-order valence-corrected chi connectivity index (χ3v) is 6.42. The van der Waals surface area contributed by atoms with Crippen molar-refractivity contribution in [2.45, 2.75) is 24.8 Å². The zero-order valence-electron chi connectivity index (χ0n) is 17.9. The molecule has 0 aliphatic heterocycles. The Morgan fingerprint density at radius 1 is 1.06 bits per heavy atom. The fourth-order valence-electron chi connectivity index (χ4n) is 3.89. The Morgan fingerprint density at radius 2 is 1.88 bits per heavy atom. The van der Waals surface area contributed by atoms with Crippen molar-refractivity contribution in [3.05, 3.63) is 77.1 Å². The van der Waals surface area contributed by atoms with Crippen LogP contribution in [0.4, 0.5) is 0 Å². The maximum Gasteiger partial charge on any atom is 0.196 e. The Kier molecular flexibility index (Phi) is 5.04. The van der Waals surface area contributed by atoms with Crippen LogP contribution in [0.15, 0.2) is 59.8 Å². The molecule has 8 heteroatoms. The van der Waals surface area contributed by atoms with E-state index in [9.17, 15) is 5.26 Å². The van der Waals surface area contributed by atoms with E-state index in [0.29, 0.717) is 17.0 Å². The number of hydrogen-bond acceptors (Lipinski definition) is 6. The van der Waals surface area contributed by atoms with E-state index in [0.717, 1.165) is 44.4 Å². The van der Waals surface area contributed by atoms with Crippen LogP contribution in [0, 0.1) is 25.2 Å². The topological polar surface area (TPSA) is 81.0 Å². The Balaban J connectivity index is 1.60. The van der Waals surface area contributed by atoms with Crippen molar-refractivity contribution in [2.24, 2.45) is 0 Å². The fourth-order valence-corrected chi connectivity index (χ4v) is 4.84. The zero-order valence-corrected chi connectivity index (χ0v) is 18.7. The predicted octanol–water partition coefficient (Wildman–Crippen LogP) is 4.86. The standard InChI is InChI=1S/C24H20N6OS/c1-15-11-23-26-27-24(29(23)21-12-18(31-3)9-10-19(15)21)32-14-22-20(13-25)16(2)28-30(22)17-7-5-4-6-8-17/h4-12H,14H2,1-3H3. The summed E-state index contributed by atoms with van der Waals surface area (Å²) in [4.78, 5) is 0. The fraction of sp³-hybridized carbons (Fsp3) is 0.167. The molecule has 7 nitrogen and oxygen atoms in total. The van der Waals surface area contributed by atoms with E-state index in [1.54, 1.807) is 7.11 Å². The van der Waals surface area contributed by atoms with Gasteiger partial charge < -0.3 is 4.74 Å². The summed E-state index contributed by atoms with van der Waals surface area (Å²) < 4.78 is 9.33. The molecule has 0 spiro atoms. The summed E-state index contributed by atoms with van der Waals surface area (Å²) in [5.41, 5.74) is 5.96. The molecule has 0 amide bonds. The Bertz CT molecular complexity index is 1500. The summed E-state index contributed by atoms with van der Waals surface area (Å²) in [7, 11) is 1.66. The van der Waals surface area contributed by atoms with Crippen molar-refractivity contribution >= 4 is 28.3 Å². The highest BCUT2D eigenvalue weighted by molar-refractivity contribution is 7.98. The van der Waals surface area contributed by atoms with Gasteiger partial charge in [-0.2, -0.15) is 10.4 Å². The minimum Gasteiger partial charge on any atom is -0.497 e. The molecule has 32 heavy (non-hydrogen) atoms. The summed E-state index contributed by atoms with van der Waals surface area (Å²) in [6.07, 6.45) is 0. The van der Waals surface area contributed by atoms with E-state index in [1.807, 2.05) is 64.5 Å². The van der Waals surface area contributed by atoms with Crippen molar-refractivity contribution in [1.82, 2.24) is 24.4 Å². The zero-order chi connectivity index (χ0) is 22.2. The van der Waals surface area contributed by atoms with Gasteiger partial charge in [0.05, 0.1) is 35.3 Å². The van der Waals surface area contributed by atoms with Gasteiger partial charge in [0.1, 0.15) is 11.8 Å². The molecule has 0 saturated heterocycles. The van der Waals surface area contributed by atoms with Gasteiger partial charge in [0, 0.05) is 17.2 Å². The van der Waals surface area contributed by atoms with E-state index in [2.05, 4.69) is 34.4 Å². The van der Waals surface area contributed by atoms with Gasteiger partial charge in [0.15, 0.2) is 10.8 Å². The number of nitriles is 1. The molecule has 158 valence electrons. The lowest BCUT2D eigenvalue weighted by Crippen LogP contribution is -2.02. The number of benzene rings is 2. The number of fused-ring (bicyclic) bond motifs is 3. The van der Waals surface area contributed by atoms with Crippen molar-refractivity contribution in [3.63, 3.8) is 0 Å². The summed E-state index contributed by atoms with van der Waals surface area (Å²) in [6, 6.07) is 20.2. The SMILES string of the molecule is COc1ccc2c(C)cc3nnc(SCc4c(C#N)c(C)nn4-c4ccccc4)n3c2c1. The molecule has 5 aromatic rings. The van der Waals surface area contributed by atoms with Gasteiger partial charge in [0.25, 0.3) is 0 Å². The molecule has 0 atom stereocenters. The summed E-state index contributed by atoms with van der Waals surface area (Å²) in [6.45, 7) is 3.93. The first-order valence-corrected chi connectivity index (χ1v) is 11.1. The molecule has 0 aliphatic rings. The van der Waals surface area contributed by atoms with E-state index in [-0.39, 0.29) is 0 Å². The van der Waals surface area contributed by atoms with Crippen LogP contribution in [0.2, 0.25) is 0 Å². The number of para-hydroxylation sites is 1. The third-order valence-electron chi connectivity index (χ3n) is 5.48. The van der Waals surface area contributed by atoms with Crippen molar-refractivity contribution in [2.75, 3.05) is 7.11 Å². The second-order valence-electron chi connectivity index (χ2n) is 7.44. The van der Waals surface area contributed by atoms with Gasteiger partial charge in [-0.3, -0.25) is 4.40 Å². The lowest BCUT2D eigenvalue weighted by molar-refractivity contribution is 0.415. The van der Waals surface area contributed by atoms with Gasteiger partial charge >= 0.3 is 0 Å². The third kappa shape index (κ3) is 3.27. The molecule has 0 unspecified atom stereocenters. The largest absolute Gasteiger partial charge is 0.497 e. The highest BCUT2D eigenvalue weighted by Crippen LogP contribution is 2.31. The number of methoxy groups -OCH3 is 1. The molecule has 3 heterocycles. The van der Waals surface area contributed by atoms with Crippen LogP contribution in [0.5, 0.6) is 5.75 Å². The van der Waals surface area contributed by atoms with E-state index < -0.39 is 0 Å². The lowest BCUT2D eigenvalue weighted by atomic mass is 10.1. The number of hydrogen-bond donors (Lipinski definition) is 0. The Morgan fingerprint density at radius 3 is 2.62 bits per heavy atom. The first-order chi connectivity index (χ1) is 15.6. The summed E-state index contributed by atoms with van der Waals surface area (Å²) >= 11 is 1.53. The number of aromatic nitrogens is 5. The number of aryl methyl sites for hydroxylation is 2. The van der Waals surface area contributed by atoms with E-state index >= 15 is 0 Å². The van der Waals surface area contributed by atoms with Gasteiger partial charge in [-0.15, -0.1) is 10.2 Å². The van der Waals surface area contributed by atoms with Gasteiger partial charge in [0.2, 0.25) is 0 Å². The molecule has 0 saturated carbocycles. The number of nitrogens with zero attached hydrogens (tertiary/aromatic N) is 6. The van der Waals surface area contributed by atoms with Gasteiger partial charge in [-0.05, 0) is 49.7 Å². The van der Waals surface area contributed by atoms with Crippen molar-refractivity contribution < 1.29 is 4.74 Å². The Hall–Kier alpha value is -3.83.